The van der Waals surface area contributed by atoms with Crippen LogP contribution in [0.5, 0.6) is 0 Å². The molecule has 1 heterocycles. The number of fused-ring (bicyclic) bond motifs is 1. The van der Waals surface area contributed by atoms with E-state index in [1.165, 1.54) is 0 Å². The monoisotopic (exact) mass is 379 g/mol. The number of para-hydroxylation sites is 1. The fourth-order valence-corrected chi connectivity index (χ4v) is 3.19. The summed E-state index contributed by atoms with van der Waals surface area (Å²) in [6, 6.07) is 19.4. The summed E-state index contributed by atoms with van der Waals surface area (Å²) >= 11 is 0. The van der Waals surface area contributed by atoms with Crippen molar-refractivity contribution in [1.29, 1.82) is 0 Å². The van der Waals surface area contributed by atoms with Crippen LogP contribution in [0.3, 0.4) is 0 Å². The quantitative estimate of drug-likeness (QED) is 0.398. The van der Waals surface area contributed by atoms with Gasteiger partial charge in [-0.1, -0.05) is 48.5 Å². The first-order chi connectivity index (χ1) is 13.7. The van der Waals surface area contributed by atoms with Crippen molar-refractivity contribution in [3.63, 3.8) is 0 Å². The smallest absolute Gasteiger partial charge is 0.355 e. The van der Waals surface area contributed by atoms with Crippen molar-refractivity contribution in [1.82, 2.24) is 4.57 Å². The molecule has 0 fully saturated rings. The van der Waals surface area contributed by atoms with E-state index in [4.69, 9.17) is 9.47 Å². The summed E-state index contributed by atoms with van der Waals surface area (Å²) in [5, 5.41) is 1.000. The van der Waals surface area contributed by atoms with Gasteiger partial charge in [-0.05, 0) is 37.5 Å². The Bertz CT molecular complexity index is 930. The molecule has 0 aliphatic rings. The molecule has 146 valence electrons. The number of benzene rings is 2. The van der Waals surface area contributed by atoms with Crippen molar-refractivity contribution in [2.75, 3.05) is 6.61 Å². The number of nitrogens with zero attached hydrogens (tertiary/aromatic N) is 1. The molecule has 0 saturated carbocycles. The van der Waals surface area contributed by atoms with Crippen LogP contribution in [-0.4, -0.2) is 23.1 Å². The molecule has 0 radical (unpaired) electrons. The van der Waals surface area contributed by atoms with Crippen LogP contribution in [0.4, 0.5) is 0 Å². The summed E-state index contributed by atoms with van der Waals surface area (Å²) in [4.78, 5) is 24.2. The van der Waals surface area contributed by atoms with Gasteiger partial charge < -0.3 is 14.0 Å². The van der Waals surface area contributed by atoms with E-state index in [2.05, 4.69) is 0 Å². The lowest BCUT2D eigenvalue weighted by atomic mass is 10.2. The minimum absolute atomic E-state index is 0.178. The maximum absolute atomic E-state index is 12.7. The second-order valence-corrected chi connectivity index (χ2v) is 6.56. The highest BCUT2D eigenvalue weighted by Crippen LogP contribution is 2.22. The molecular formula is C23H25NO4. The predicted octanol–water partition coefficient (Wildman–Crippen LogP) is 4.73. The van der Waals surface area contributed by atoms with Gasteiger partial charge in [0.1, 0.15) is 12.3 Å². The number of unbranched alkanes of at least 4 members (excludes halogenated alkanes) is 1. The Kier molecular flexibility index (Phi) is 6.84. The highest BCUT2D eigenvalue weighted by Gasteiger charge is 2.17. The van der Waals surface area contributed by atoms with E-state index in [0.29, 0.717) is 31.7 Å². The number of rotatable bonds is 9. The number of ether oxygens (including phenoxy) is 2. The molecule has 0 unspecified atom stereocenters. The molecule has 0 amide bonds. The summed E-state index contributed by atoms with van der Waals surface area (Å²) in [5.41, 5.74) is 2.48. The maximum Gasteiger partial charge on any atom is 0.355 e. The molecule has 0 atom stereocenters. The average molecular weight is 379 g/mol. The minimum Gasteiger partial charge on any atom is -0.466 e. The number of esters is 2. The second kappa shape index (κ2) is 9.74. The Morgan fingerprint density at radius 3 is 2.46 bits per heavy atom. The average Bonchev–Trinajstić information content (AvgIpc) is 3.09. The van der Waals surface area contributed by atoms with Crippen LogP contribution in [-0.2, 0) is 27.4 Å². The van der Waals surface area contributed by atoms with E-state index >= 15 is 0 Å². The van der Waals surface area contributed by atoms with Crippen LogP contribution in [0.2, 0.25) is 0 Å². The number of hydrogen-bond donors (Lipinski definition) is 0. The number of carbonyl (C=O) groups excluding carboxylic acids is 2. The highest BCUT2D eigenvalue weighted by molar-refractivity contribution is 5.95. The van der Waals surface area contributed by atoms with Gasteiger partial charge in [-0.3, -0.25) is 4.79 Å². The number of aromatic nitrogens is 1. The van der Waals surface area contributed by atoms with Crippen molar-refractivity contribution < 1.29 is 19.1 Å². The normalized spacial score (nSPS) is 10.8. The van der Waals surface area contributed by atoms with Crippen LogP contribution in [0.1, 0.15) is 42.2 Å². The van der Waals surface area contributed by atoms with Gasteiger partial charge in [0.25, 0.3) is 0 Å². The first-order valence-electron chi connectivity index (χ1n) is 9.64. The number of aryl methyl sites for hydroxylation is 1. The molecule has 1 aromatic heterocycles. The van der Waals surface area contributed by atoms with Crippen LogP contribution in [0, 0.1) is 0 Å². The highest BCUT2D eigenvalue weighted by atomic mass is 16.5. The molecule has 0 bridgehead atoms. The van der Waals surface area contributed by atoms with Crippen LogP contribution < -0.4 is 0 Å². The molecule has 0 spiro atoms. The SMILES string of the molecule is CCOC(=O)CCCCn1c(C(=O)OCc2ccccc2)cc2ccccc21. The van der Waals surface area contributed by atoms with Crippen LogP contribution in [0.15, 0.2) is 60.7 Å². The van der Waals surface area contributed by atoms with Crippen molar-refractivity contribution in [2.45, 2.75) is 39.3 Å². The van der Waals surface area contributed by atoms with Gasteiger partial charge in [0.05, 0.1) is 6.61 Å². The van der Waals surface area contributed by atoms with Gasteiger partial charge in [-0.15, -0.1) is 0 Å². The molecule has 2 aromatic carbocycles. The van der Waals surface area contributed by atoms with Gasteiger partial charge in [-0.25, -0.2) is 4.79 Å². The third kappa shape index (κ3) is 5.00. The molecule has 0 aliphatic carbocycles. The van der Waals surface area contributed by atoms with Crippen LogP contribution in [0.25, 0.3) is 10.9 Å². The van der Waals surface area contributed by atoms with Crippen molar-refractivity contribution in [3.8, 4) is 0 Å². The molecule has 3 aromatic rings. The number of hydrogen-bond acceptors (Lipinski definition) is 4. The number of carbonyl (C=O) groups is 2. The van der Waals surface area contributed by atoms with Crippen molar-refractivity contribution in [2.24, 2.45) is 0 Å². The Balaban J connectivity index is 1.69. The molecule has 0 aliphatic heterocycles. The zero-order valence-electron chi connectivity index (χ0n) is 16.1. The summed E-state index contributed by atoms with van der Waals surface area (Å²) in [7, 11) is 0. The van der Waals surface area contributed by atoms with E-state index in [1.54, 1.807) is 6.92 Å². The Morgan fingerprint density at radius 2 is 1.68 bits per heavy atom. The molecule has 28 heavy (non-hydrogen) atoms. The molecule has 5 nitrogen and oxygen atoms in total. The van der Waals surface area contributed by atoms with Crippen molar-refractivity contribution >= 4 is 22.8 Å². The topological polar surface area (TPSA) is 57.5 Å². The third-order valence-corrected chi connectivity index (χ3v) is 4.55. The molecule has 3 rings (SSSR count). The Morgan fingerprint density at radius 1 is 0.929 bits per heavy atom. The van der Waals surface area contributed by atoms with E-state index in [1.807, 2.05) is 65.2 Å². The lowest BCUT2D eigenvalue weighted by molar-refractivity contribution is -0.143. The lowest BCUT2D eigenvalue weighted by Gasteiger charge is -2.11. The summed E-state index contributed by atoms with van der Waals surface area (Å²) in [6.07, 6.45) is 1.88. The fraction of sp³-hybridized carbons (Fsp3) is 0.304. The zero-order chi connectivity index (χ0) is 19.8. The van der Waals surface area contributed by atoms with E-state index in [0.717, 1.165) is 22.9 Å². The van der Waals surface area contributed by atoms with E-state index in [-0.39, 0.29) is 18.5 Å². The van der Waals surface area contributed by atoms with Gasteiger partial charge in [0, 0.05) is 23.9 Å². The van der Waals surface area contributed by atoms with Gasteiger partial charge in [0.15, 0.2) is 0 Å². The maximum atomic E-state index is 12.7. The fourth-order valence-electron chi connectivity index (χ4n) is 3.19. The standard InChI is InChI=1S/C23H25NO4/c1-2-27-22(25)14-8-9-15-24-20-13-7-6-12-19(20)16-21(24)23(26)28-17-18-10-4-3-5-11-18/h3-7,10-13,16H,2,8-9,14-15,17H2,1H3. The van der Waals surface area contributed by atoms with E-state index < -0.39 is 0 Å². The molecule has 0 N–H and O–H groups in total. The zero-order valence-corrected chi connectivity index (χ0v) is 16.1. The predicted molar refractivity (Wildman–Crippen MR) is 108 cm³/mol. The summed E-state index contributed by atoms with van der Waals surface area (Å²) < 4.78 is 12.5. The lowest BCUT2D eigenvalue weighted by Crippen LogP contribution is -2.13. The molecular weight excluding hydrogens is 354 g/mol. The third-order valence-electron chi connectivity index (χ3n) is 4.55. The largest absolute Gasteiger partial charge is 0.466 e. The molecule has 5 heteroatoms. The summed E-state index contributed by atoms with van der Waals surface area (Å²) in [5.74, 6) is -0.521. The second-order valence-electron chi connectivity index (χ2n) is 6.56. The van der Waals surface area contributed by atoms with Gasteiger partial charge in [0.2, 0.25) is 0 Å². The first-order valence-corrected chi connectivity index (χ1v) is 9.64. The summed E-state index contributed by atoms with van der Waals surface area (Å²) in [6.45, 7) is 3.09. The Hall–Kier alpha value is -3.08. The molecule has 0 saturated heterocycles. The van der Waals surface area contributed by atoms with Gasteiger partial charge in [-0.2, -0.15) is 0 Å². The van der Waals surface area contributed by atoms with Crippen LogP contribution >= 0.6 is 0 Å². The van der Waals surface area contributed by atoms with Gasteiger partial charge >= 0.3 is 11.9 Å². The Labute approximate surface area is 164 Å². The first kappa shape index (κ1) is 19.7. The van der Waals surface area contributed by atoms with E-state index in [9.17, 15) is 9.59 Å². The van der Waals surface area contributed by atoms with Crippen molar-refractivity contribution in [3.05, 3.63) is 71.9 Å². The minimum atomic E-state index is -0.342.